The zero-order valence-corrected chi connectivity index (χ0v) is 19.1. The Bertz CT molecular complexity index is 1040. The second-order valence-corrected chi connectivity index (χ2v) is 7.52. The number of hydrogen-bond donors (Lipinski definition) is 0. The van der Waals surface area contributed by atoms with Crippen molar-refractivity contribution in [3.63, 3.8) is 0 Å². The maximum Gasteiger partial charge on any atom is 0.303 e. The monoisotopic (exact) mass is 475 g/mol. The molecule has 0 unspecified atom stereocenters. The van der Waals surface area contributed by atoms with Gasteiger partial charge in [0.15, 0.2) is 24.5 Å². The van der Waals surface area contributed by atoms with Crippen molar-refractivity contribution in [2.24, 2.45) is 0 Å². The summed E-state index contributed by atoms with van der Waals surface area (Å²) in [4.78, 5) is 47.3. The van der Waals surface area contributed by atoms with Crippen LogP contribution in [0, 0.1) is 0 Å². The van der Waals surface area contributed by atoms with Gasteiger partial charge in [-0.05, 0) is 0 Å². The van der Waals surface area contributed by atoms with Crippen LogP contribution in [0.25, 0.3) is 11.3 Å². The van der Waals surface area contributed by atoms with Gasteiger partial charge < -0.3 is 23.7 Å². The highest BCUT2D eigenvalue weighted by molar-refractivity contribution is 5.69. The number of nitrogens with zero attached hydrogens (tertiary/aromatic N) is 3. The maximum absolute atomic E-state index is 12.0. The molecular formula is C22H25N3O9. The molecule has 0 amide bonds. The molecule has 1 saturated heterocycles. The Morgan fingerprint density at radius 1 is 0.853 bits per heavy atom. The lowest BCUT2D eigenvalue weighted by Crippen LogP contribution is -2.60. The fourth-order valence-corrected chi connectivity index (χ4v) is 3.65. The Balaban J connectivity index is 2.10. The number of aromatic nitrogens is 3. The molecule has 1 fully saturated rings. The Morgan fingerprint density at radius 2 is 1.44 bits per heavy atom. The highest BCUT2D eigenvalue weighted by atomic mass is 16.7. The van der Waals surface area contributed by atoms with Gasteiger partial charge >= 0.3 is 23.9 Å². The average molecular weight is 475 g/mol. The van der Waals surface area contributed by atoms with Crippen LogP contribution in [0.15, 0.2) is 36.5 Å². The third kappa shape index (κ3) is 5.95. The van der Waals surface area contributed by atoms with Crippen molar-refractivity contribution in [2.45, 2.75) is 58.3 Å². The predicted octanol–water partition coefficient (Wildman–Crippen LogP) is 1.20. The number of hydrogen-bond acceptors (Lipinski definition) is 11. The molecule has 2 heterocycles. The summed E-state index contributed by atoms with van der Waals surface area (Å²) in [6.45, 7) is 4.37. The number of carbonyl (C=O) groups excluding carboxylic acids is 4. The van der Waals surface area contributed by atoms with Crippen molar-refractivity contribution in [3.8, 4) is 11.3 Å². The smallest absolute Gasteiger partial charge is 0.303 e. The standard InChI is InChI=1S/C22H25N3O9/c1-12(26)30-11-18-19(31-13(2)27)20(32-14(3)28)21(33-15(4)29)22(34-18)25-17(10-23-24-25)16-8-6-5-7-9-16/h5-10,18-22H,11H2,1-4H3/t18-,19-,20+,21-,22-/m1/s1. The molecule has 182 valence electrons. The number of carbonyl (C=O) groups is 4. The highest BCUT2D eigenvalue weighted by Gasteiger charge is 2.53. The molecule has 34 heavy (non-hydrogen) atoms. The Labute approximate surface area is 195 Å². The van der Waals surface area contributed by atoms with Crippen LogP contribution in [-0.2, 0) is 42.9 Å². The van der Waals surface area contributed by atoms with Crippen LogP contribution in [0.4, 0.5) is 0 Å². The Kier molecular flexibility index (Phi) is 7.95. The average Bonchev–Trinajstić information content (AvgIpc) is 3.24. The van der Waals surface area contributed by atoms with E-state index >= 15 is 0 Å². The minimum atomic E-state index is -1.29. The summed E-state index contributed by atoms with van der Waals surface area (Å²) < 4.78 is 28.9. The molecule has 1 aliphatic rings. The molecule has 0 aliphatic carbocycles. The van der Waals surface area contributed by atoms with Crippen molar-refractivity contribution < 1.29 is 42.9 Å². The summed E-state index contributed by atoms with van der Waals surface area (Å²) >= 11 is 0. The van der Waals surface area contributed by atoms with Crippen molar-refractivity contribution in [2.75, 3.05) is 6.61 Å². The van der Waals surface area contributed by atoms with Crippen LogP contribution in [-0.4, -0.2) is 69.9 Å². The molecule has 12 heteroatoms. The largest absolute Gasteiger partial charge is 0.463 e. The molecule has 0 saturated carbocycles. The van der Waals surface area contributed by atoms with E-state index in [1.54, 1.807) is 0 Å². The summed E-state index contributed by atoms with van der Waals surface area (Å²) in [6, 6.07) is 9.12. The molecule has 1 aromatic heterocycles. The van der Waals surface area contributed by atoms with Gasteiger partial charge in [-0.1, -0.05) is 35.5 Å². The zero-order valence-electron chi connectivity index (χ0n) is 19.1. The minimum Gasteiger partial charge on any atom is -0.463 e. The second kappa shape index (κ2) is 10.9. The van der Waals surface area contributed by atoms with Gasteiger partial charge in [-0.25, -0.2) is 4.68 Å². The van der Waals surface area contributed by atoms with Crippen LogP contribution in [0.2, 0.25) is 0 Å². The zero-order chi connectivity index (χ0) is 24.8. The first kappa shape index (κ1) is 24.8. The van der Waals surface area contributed by atoms with E-state index in [1.165, 1.54) is 24.7 Å². The summed E-state index contributed by atoms with van der Waals surface area (Å²) in [7, 11) is 0. The van der Waals surface area contributed by atoms with E-state index < -0.39 is 54.5 Å². The lowest BCUT2D eigenvalue weighted by atomic mass is 9.97. The van der Waals surface area contributed by atoms with Crippen LogP contribution in [0.3, 0.4) is 0 Å². The van der Waals surface area contributed by atoms with Gasteiger partial charge in [0.05, 0.1) is 11.9 Å². The quantitative estimate of drug-likeness (QED) is 0.420. The van der Waals surface area contributed by atoms with Crippen LogP contribution < -0.4 is 0 Å². The number of ether oxygens (including phenoxy) is 5. The molecule has 0 bridgehead atoms. The summed E-state index contributed by atoms with van der Waals surface area (Å²) in [5, 5.41) is 8.05. The molecule has 0 N–H and O–H groups in total. The summed E-state index contributed by atoms with van der Waals surface area (Å²) in [5.41, 5.74) is 1.25. The first-order valence-electron chi connectivity index (χ1n) is 10.4. The Hall–Kier alpha value is -3.80. The van der Waals surface area contributed by atoms with Crippen LogP contribution >= 0.6 is 0 Å². The van der Waals surface area contributed by atoms with E-state index in [-0.39, 0.29) is 6.61 Å². The molecule has 3 rings (SSSR count). The van der Waals surface area contributed by atoms with E-state index in [2.05, 4.69) is 10.3 Å². The van der Waals surface area contributed by atoms with Crippen LogP contribution in [0.1, 0.15) is 33.9 Å². The van der Waals surface area contributed by atoms with E-state index in [0.29, 0.717) is 5.69 Å². The molecule has 0 spiro atoms. The molecule has 12 nitrogen and oxygen atoms in total. The van der Waals surface area contributed by atoms with E-state index in [0.717, 1.165) is 19.4 Å². The maximum atomic E-state index is 12.0. The minimum absolute atomic E-state index is 0.330. The third-order valence-corrected chi connectivity index (χ3v) is 4.85. The van der Waals surface area contributed by atoms with Crippen LogP contribution in [0.5, 0.6) is 0 Å². The lowest BCUT2D eigenvalue weighted by molar-refractivity contribution is -0.270. The van der Waals surface area contributed by atoms with Gasteiger partial charge in [-0.3, -0.25) is 19.2 Å². The SMILES string of the molecule is CC(=O)OC[C@H]1O[C@@H](n2nncc2-c2ccccc2)[C@H](OC(C)=O)[C@@H](OC(C)=O)[C@@H]1OC(C)=O. The summed E-state index contributed by atoms with van der Waals surface area (Å²) in [6.07, 6.45) is -4.57. The highest BCUT2D eigenvalue weighted by Crippen LogP contribution is 2.36. The number of rotatable bonds is 7. The molecule has 2 aromatic rings. The van der Waals surface area contributed by atoms with Gasteiger partial charge in [0.25, 0.3) is 0 Å². The van der Waals surface area contributed by atoms with Gasteiger partial charge in [0.2, 0.25) is 0 Å². The van der Waals surface area contributed by atoms with Gasteiger partial charge in [-0.2, -0.15) is 0 Å². The van der Waals surface area contributed by atoms with Gasteiger partial charge in [0.1, 0.15) is 12.7 Å². The first-order chi connectivity index (χ1) is 16.2. The second-order valence-electron chi connectivity index (χ2n) is 7.52. The number of benzene rings is 1. The Morgan fingerprint density at radius 3 is 2.03 bits per heavy atom. The topological polar surface area (TPSA) is 145 Å². The van der Waals surface area contributed by atoms with Gasteiger partial charge in [-0.15, -0.1) is 5.10 Å². The normalized spacial score (nSPS) is 24.1. The molecular weight excluding hydrogens is 450 g/mol. The molecule has 1 aliphatic heterocycles. The van der Waals surface area contributed by atoms with Crippen molar-refractivity contribution in [1.82, 2.24) is 15.0 Å². The predicted molar refractivity (Wildman–Crippen MR) is 113 cm³/mol. The fraction of sp³-hybridized carbons (Fsp3) is 0.455. The summed E-state index contributed by atoms with van der Waals surface area (Å²) in [5.74, 6) is -2.71. The lowest BCUT2D eigenvalue weighted by Gasteiger charge is -2.44. The molecule has 1 aromatic carbocycles. The fourth-order valence-electron chi connectivity index (χ4n) is 3.65. The van der Waals surface area contributed by atoms with Crippen molar-refractivity contribution in [1.29, 1.82) is 0 Å². The third-order valence-electron chi connectivity index (χ3n) is 4.85. The van der Waals surface area contributed by atoms with E-state index in [4.69, 9.17) is 23.7 Å². The molecule has 5 atom stereocenters. The number of esters is 4. The van der Waals surface area contributed by atoms with Crippen molar-refractivity contribution in [3.05, 3.63) is 36.5 Å². The molecule has 0 radical (unpaired) electrons. The van der Waals surface area contributed by atoms with Crippen molar-refractivity contribution >= 4 is 23.9 Å². The van der Waals surface area contributed by atoms with Gasteiger partial charge in [0, 0.05) is 33.3 Å². The first-order valence-corrected chi connectivity index (χ1v) is 10.4. The van der Waals surface area contributed by atoms with E-state index in [9.17, 15) is 19.2 Å². The van der Waals surface area contributed by atoms with E-state index in [1.807, 2.05) is 30.3 Å².